The van der Waals surface area contributed by atoms with Crippen LogP contribution in [0, 0.1) is 20.8 Å². The Labute approximate surface area is 148 Å². The third kappa shape index (κ3) is 4.90. The Kier molecular flexibility index (Phi) is 5.50. The van der Waals surface area contributed by atoms with Gasteiger partial charge in [0.2, 0.25) is 5.91 Å². The van der Waals surface area contributed by atoms with Crippen LogP contribution in [-0.2, 0) is 11.3 Å². The first-order valence-corrected chi connectivity index (χ1v) is 8.73. The fourth-order valence-electron chi connectivity index (χ4n) is 3.17. The number of carbonyl (C=O) groups excluding carboxylic acids is 1. The maximum Gasteiger partial charge on any atom is 0.238 e. The molecule has 2 heterocycles. The number of hydrogen-bond acceptors (Lipinski definition) is 5. The lowest BCUT2D eigenvalue weighted by Crippen LogP contribution is -2.48. The predicted octanol–water partition coefficient (Wildman–Crippen LogP) is 2.36. The zero-order valence-corrected chi connectivity index (χ0v) is 15.2. The third-order valence-corrected chi connectivity index (χ3v) is 4.55. The lowest BCUT2D eigenvalue weighted by Gasteiger charge is -2.33. The molecule has 1 N–H and O–H groups in total. The molecule has 134 valence electrons. The summed E-state index contributed by atoms with van der Waals surface area (Å²) in [6.45, 7) is 10.9. The van der Waals surface area contributed by atoms with Crippen LogP contribution in [0.25, 0.3) is 0 Å². The average molecular weight is 342 g/mol. The van der Waals surface area contributed by atoms with Gasteiger partial charge in [0, 0.05) is 44.5 Å². The molecule has 3 rings (SSSR count). The Morgan fingerprint density at radius 2 is 1.84 bits per heavy atom. The van der Waals surface area contributed by atoms with Gasteiger partial charge in [0.1, 0.15) is 5.76 Å². The molecular formula is C19H26N4O2. The van der Waals surface area contributed by atoms with Gasteiger partial charge in [-0.15, -0.1) is 0 Å². The van der Waals surface area contributed by atoms with Crippen LogP contribution in [0.3, 0.4) is 0 Å². The number of rotatable bonds is 5. The molecule has 0 unspecified atom stereocenters. The lowest BCUT2D eigenvalue weighted by molar-refractivity contribution is -0.117. The molecular weight excluding hydrogens is 316 g/mol. The number of hydrogen-bond donors (Lipinski definition) is 1. The second kappa shape index (κ2) is 7.80. The maximum atomic E-state index is 12.3. The number of aryl methyl sites for hydroxylation is 3. The van der Waals surface area contributed by atoms with Crippen molar-refractivity contribution in [2.24, 2.45) is 0 Å². The Morgan fingerprint density at radius 1 is 1.12 bits per heavy atom. The summed E-state index contributed by atoms with van der Waals surface area (Å²) >= 11 is 0. The Balaban J connectivity index is 1.44. The van der Waals surface area contributed by atoms with E-state index in [0.717, 1.165) is 55.4 Å². The van der Waals surface area contributed by atoms with E-state index in [9.17, 15) is 4.79 Å². The van der Waals surface area contributed by atoms with Crippen LogP contribution in [0.1, 0.15) is 22.6 Å². The second-order valence-corrected chi connectivity index (χ2v) is 6.85. The van der Waals surface area contributed by atoms with Crippen LogP contribution in [-0.4, -0.2) is 53.6 Å². The number of nitrogens with zero attached hydrogens (tertiary/aromatic N) is 3. The van der Waals surface area contributed by atoms with Crippen molar-refractivity contribution < 1.29 is 9.32 Å². The molecule has 6 heteroatoms. The van der Waals surface area contributed by atoms with Crippen molar-refractivity contribution in [2.75, 3.05) is 38.0 Å². The predicted molar refractivity (Wildman–Crippen MR) is 97.5 cm³/mol. The SMILES string of the molecule is Cc1ccc(NC(=O)CN2CCN(Cc3cc(C)on3)CC2)c(C)c1. The molecule has 1 aromatic heterocycles. The minimum absolute atomic E-state index is 0.0486. The van der Waals surface area contributed by atoms with Gasteiger partial charge in [-0.1, -0.05) is 22.9 Å². The van der Waals surface area contributed by atoms with Gasteiger partial charge in [-0.25, -0.2) is 0 Å². The molecule has 0 saturated carbocycles. The highest BCUT2D eigenvalue weighted by Crippen LogP contribution is 2.16. The maximum absolute atomic E-state index is 12.3. The molecule has 25 heavy (non-hydrogen) atoms. The van der Waals surface area contributed by atoms with Gasteiger partial charge >= 0.3 is 0 Å². The van der Waals surface area contributed by atoms with Crippen molar-refractivity contribution >= 4 is 11.6 Å². The van der Waals surface area contributed by atoms with Crippen molar-refractivity contribution in [3.05, 3.63) is 46.8 Å². The van der Waals surface area contributed by atoms with Gasteiger partial charge in [-0.3, -0.25) is 14.6 Å². The van der Waals surface area contributed by atoms with Crippen molar-refractivity contribution in [3.8, 4) is 0 Å². The molecule has 1 aliphatic heterocycles. The van der Waals surface area contributed by atoms with Crippen LogP contribution in [0.2, 0.25) is 0 Å². The van der Waals surface area contributed by atoms with Gasteiger partial charge in [0.05, 0.1) is 12.2 Å². The van der Waals surface area contributed by atoms with E-state index in [1.807, 2.05) is 32.0 Å². The third-order valence-electron chi connectivity index (χ3n) is 4.55. The molecule has 0 bridgehead atoms. The molecule has 1 aliphatic rings. The zero-order chi connectivity index (χ0) is 17.8. The lowest BCUT2D eigenvalue weighted by atomic mass is 10.1. The molecule has 0 spiro atoms. The minimum atomic E-state index is 0.0486. The van der Waals surface area contributed by atoms with Crippen LogP contribution in [0.4, 0.5) is 5.69 Å². The number of nitrogens with one attached hydrogen (secondary N) is 1. The zero-order valence-electron chi connectivity index (χ0n) is 15.2. The van der Waals surface area contributed by atoms with Gasteiger partial charge < -0.3 is 9.84 Å². The number of piperazine rings is 1. The summed E-state index contributed by atoms with van der Waals surface area (Å²) < 4.78 is 5.11. The second-order valence-electron chi connectivity index (χ2n) is 6.85. The minimum Gasteiger partial charge on any atom is -0.361 e. The molecule has 0 atom stereocenters. The molecule has 1 fully saturated rings. The monoisotopic (exact) mass is 342 g/mol. The van der Waals surface area contributed by atoms with E-state index in [4.69, 9.17) is 4.52 Å². The number of amides is 1. The number of aromatic nitrogens is 1. The largest absolute Gasteiger partial charge is 0.361 e. The summed E-state index contributed by atoms with van der Waals surface area (Å²) in [5.74, 6) is 0.893. The number of anilines is 1. The van der Waals surface area contributed by atoms with Gasteiger partial charge in [-0.2, -0.15) is 0 Å². The Hall–Kier alpha value is -2.18. The number of benzene rings is 1. The fraction of sp³-hybridized carbons (Fsp3) is 0.474. The average Bonchev–Trinajstić information content (AvgIpc) is 2.97. The molecule has 1 amide bonds. The summed E-state index contributed by atoms with van der Waals surface area (Å²) in [5, 5.41) is 7.07. The van der Waals surface area contributed by atoms with Crippen LogP contribution in [0.15, 0.2) is 28.8 Å². The highest BCUT2D eigenvalue weighted by molar-refractivity contribution is 5.93. The van der Waals surface area contributed by atoms with Crippen molar-refractivity contribution in [1.82, 2.24) is 15.0 Å². The standard InChI is InChI=1S/C19H26N4O2/c1-14-4-5-18(15(2)10-14)20-19(24)13-23-8-6-22(7-9-23)12-17-11-16(3)25-21-17/h4-5,10-11H,6-9,12-13H2,1-3H3,(H,20,24). The van der Waals surface area contributed by atoms with E-state index in [1.54, 1.807) is 0 Å². The van der Waals surface area contributed by atoms with E-state index in [-0.39, 0.29) is 5.91 Å². The van der Waals surface area contributed by atoms with E-state index in [2.05, 4.69) is 33.3 Å². The summed E-state index contributed by atoms with van der Waals surface area (Å²) in [6.07, 6.45) is 0. The van der Waals surface area contributed by atoms with Crippen molar-refractivity contribution in [3.63, 3.8) is 0 Å². The summed E-state index contributed by atoms with van der Waals surface area (Å²) in [5.41, 5.74) is 4.17. The number of carbonyl (C=O) groups is 1. The smallest absolute Gasteiger partial charge is 0.238 e. The quantitative estimate of drug-likeness (QED) is 0.904. The van der Waals surface area contributed by atoms with E-state index >= 15 is 0 Å². The first-order valence-electron chi connectivity index (χ1n) is 8.73. The molecule has 0 aliphatic carbocycles. The van der Waals surface area contributed by atoms with Crippen molar-refractivity contribution in [2.45, 2.75) is 27.3 Å². The summed E-state index contributed by atoms with van der Waals surface area (Å²) in [7, 11) is 0. The summed E-state index contributed by atoms with van der Waals surface area (Å²) in [6, 6.07) is 8.05. The van der Waals surface area contributed by atoms with Gasteiger partial charge in [0.25, 0.3) is 0 Å². The molecule has 1 saturated heterocycles. The van der Waals surface area contributed by atoms with E-state index in [1.165, 1.54) is 5.56 Å². The summed E-state index contributed by atoms with van der Waals surface area (Å²) in [4.78, 5) is 16.8. The first kappa shape index (κ1) is 17.6. The fourth-order valence-corrected chi connectivity index (χ4v) is 3.17. The van der Waals surface area contributed by atoms with Crippen molar-refractivity contribution in [1.29, 1.82) is 0 Å². The first-order chi connectivity index (χ1) is 12.0. The van der Waals surface area contributed by atoms with Crippen LogP contribution < -0.4 is 5.32 Å². The van der Waals surface area contributed by atoms with Crippen LogP contribution >= 0.6 is 0 Å². The van der Waals surface area contributed by atoms with E-state index < -0.39 is 0 Å². The topological polar surface area (TPSA) is 61.6 Å². The van der Waals surface area contributed by atoms with E-state index in [0.29, 0.717) is 6.54 Å². The molecule has 2 aromatic rings. The molecule has 0 radical (unpaired) electrons. The Bertz CT molecular complexity index is 733. The Morgan fingerprint density at radius 3 is 2.48 bits per heavy atom. The normalized spacial score (nSPS) is 16.1. The van der Waals surface area contributed by atoms with Gasteiger partial charge in [-0.05, 0) is 32.4 Å². The highest BCUT2D eigenvalue weighted by atomic mass is 16.5. The van der Waals surface area contributed by atoms with Crippen LogP contribution in [0.5, 0.6) is 0 Å². The molecule has 6 nitrogen and oxygen atoms in total. The highest BCUT2D eigenvalue weighted by Gasteiger charge is 2.20. The van der Waals surface area contributed by atoms with Gasteiger partial charge in [0.15, 0.2) is 0 Å². The molecule has 1 aromatic carbocycles.